The third-order valence-electron chi connectivity index (χ3n) is 5.49. The monoisotopic (exact) mass is 416 g/mol. The van der Waals surface area contributed by atoms with E-state index in [2.05, 4.69) is 27.4 Å². The van der Waals surface area contributed by atoms with Crippen molar-refractivity contribution in [2.75, 3.05) is 7.11 Å². The van der Waals surface area contributed by atoms with Crippen LogP contribution in [-0.2, 0) is 13.0 Å². The number of aromatic nitrogens is 3. The van der Waals surface area contributed by atoms with E-state index in [1.165, 1.54) is 10.9 Å². The molecule has 0 amide bonds. The fourth-order valence-electron chi connectivity index (χ4n) is 3.73. The van der Waals surface area contributed by atoms with E-state index >= 15 is 0 Å². The summed E-state index contributed by atoms with van der Waals surface area (Å²) in [7, 11) is 1.66. The van der Waals surface area contributed by atoms with Crippen molar-refractivity contribution in [1.82, 2.24) is 20.3 Å². The summed E-state index contributed by atoms with van der Waals surface area (Å²) in [4.78, 5) is 23.3. The Kier molecular flexibility index (Phi) is 6.18. The number of para-hydroxylation sites is 1. The molecule has 2 heterocycles. The van der Waals surface area contributed by atoms with Gasteiger partial charge in [0.25, 0.3) is 5.56 Å². The number of hydrogen-bond acceptors (Lipinski definition) is 4. The first kappa shape index (κ1) is 20.9. The van der Waals surface area contributed by atoms with E-state index in [4.69, 9.17) is 9.72 Å². The van der Waals surface area contributed by atoms with Gasteiger partial charge in [0.15, 0.2) is 0 Å². The van der Waals surface area contributed by atoms with Crippen molar-refractivity contribution in [2.24, 2.45) is 0 Å². The summed E-state index contributed by atoms with van der Waals surface area (Å²) < 4.78 is 5.25. The van der Waals surface area contributed by atoms with E-state index in [9.17, 15) is 4.79 Å². The highest BCUT2D eigenvalue weighted by Crippen LogP contribution is 2.24. The van der Waals surface area contributed by atoms with Crippen molar-refractivity contribution >= 4 is 10.9 Å². The van der Waals surface area contributed by atoms with E-state index in [1.54, 1.807) is 13.2 Å². The van der Waals surface area contributed by atoms with Crippen molar-refractivity contribution in [3.63, 3.8) is 0 Å². The van der Waals surface area contributed by atoms with Crippen molar-refractivity contribution in [3.05, 3.63) is 93.8 Å². The van der Waals surface area contributed by atoms with Gasteiger partial charge in [-0.05, 0) is 35.7 Å². The first-order valence-corrected chi connectivity index (χ1v) is 10.6. The molecule has 0 aliphatic heterocycles. The minimum Gasteiger partial charge on any atom is -0.497 e. The average Bonchev–Trinajstić information content (AvgIpc) is 3.19. The molecule has 0 saturated carbocycles. The van der Waals surface area contributed by atoms with Crippen LogP contribution in [0.1, 0.15) is 48.5 Å². The van der Waals surface area contributed by atoms with Gasteiger partial charge in [0.05, 0.1) is 18.8 Å². The molecule has 4 aromatic rings. The van der Waals surface area contributed by atoms with Gasteiger partial charge in [-0.2, -0.15) is 0 Å². The molecule has 0 spiro atoms. The Labute approximate surface area is 181 Å². The molecule has 0 bridgehead atoms. The number of nitrogens with one attached hydrogen (secondary N) is 3. The summed E-state index contributed by atoms with van der Waals surface area (Å²) in [6.07, 6.45) is 2.76. The number of hydrogen-bond donors (Lipinski definition) is 3. The third-order valence-corrected chi connectivity index (χ3v) is 5.49. The molecule has 0 fully saturated rings. The second kappa shape index (κ2) is 9.18. The topological polar surface area (TPSA) is 82.8 Å². The zero-order valence-electron chi connectivity index (χ0n) is 18.1. The molecule has 0 unspecified atom stereocenters. The van der Waals surface area contributed by atoms with Gasteiger partial charge in [0.1, 0.15) is 11.6 Å². The van der Waals surface area contributed by atoms with Gasteiger partial charge in [-0.1, -0.05) is 44.2 Å². The number of nitrogens with zero attached hydrogens (tertiary/aromatic N) is 1. The predicted octanol–water partition coefficient (Wildman–Crippen LogP) is 4.46. The molecule has 6 nitrogen and oxygen atoms in total. The Hall–Kier alpha value is -3.38. The van der Waals surface area contributed by atoms with Crippen molar-refractivity contribution in [1.29, 1.82) is 0 Å². The van der Waals surface area contributed by atoms with Crippen LogP contribution in [0.2, 0.25) is 0 Å². The molecule has 4 rings (SSSR count). The summed E-state index contributed by atoms with van der Waals surface area (Å²) in [5.41, 5.74) is 4.07. The number of ether oxygens (including phenoxy) is 1. The zero-order chi connectivity index (χ0) is 21.8. The van der Waals surface area contributed by atoms with Gasteiger partial charge in [-0.3, -0.25) is 4.79 Å². The van der Waals surface area contributed by atoms with Crippen LogP contribution in [-0.4, -0.2) is 22.1 Å². The van der Waals surface area contributed by atoms with Crippen LogP contribution in [0.5, 0.6) is 5.75 Å². The summed E-state index contributed by atoms with van der Waals surface area (Å²) in [6.45, 7) is 4.71. The van der Waals surface area contributed by atoms with Crippen LogP contribution in [0.15, 0.2) is 65.6 Å². The van der Waals surface area contributed by atoms with E-state index in [0.717, 1.165) is 22.5 Å². The lowest BCUT2D eigenvalue weighted by Crippen LogP contribution is -2.26. The molecule has 0 saturated heterocycles. The fraction of sp³-hybridized carbons (Fsp3) is 0.280. The van der Waals surface area contributed by atoms with Crippen molar-refractivity contribution in [2.45, 2.75) is 38.8 Å². The molecule has 0 aliphatic rings. The second-order valence-corrected chi connectivity index (χ2v) is 8.06. The van der Waals surface area contributed by atoms with E-state index < -0.39 is 0 Å². The normalized spacial score (nSPS) is 12.4. The van der Waals surface area contributed by atoms with E-state index in [1.807, 2.05) is 56.4 Å². The standard InChI is InChI=1S/C25H28N4O2/c1-16(2)25-28-23(13-24(30)29-25)22(26-14-17-8-10-19(31-3)11-9-17)12-18-15-27-21-7-5-4-6-20(18)21/h4-11,13,15-16,22,26-27H,12,14H2,1-3H3,(H,28,29,30)/t22-/m1/s1. The lowest BCUT2D eigenvalue weighted by Gasteiger charge is -2.19. The fourth-order valence-corrected chi connectivity index (χ4v) is 3.73. The van der Waals surface area contributed by atoms with Gasteiger partial charge < -0.3 is 20.0 Å². The number of aromatic amines is 2. The maximum atomic E-state index is 12.3. The van der Waals surface area contributed by atoms with Crippen LogP contribution in [0.3, 0.4) is 0 Å². The van der Waals surface area contributed by atoms with Crippen LogP contribution in [0.25, 0.3) is 10.9 Å². The van der Waals surface area contributed by atoms with Gasteiger partial charge in [0, 0.05) is 35.6 Å². The molecule has 0 aliphatic carbocycles. The molecular formula is C25H28N4O2. The maximum absolute atomic E-state index is 12.3. The predicted molar refractivity (Wildman–Crippen MR) is 124 cm³/mol. The van der Waals surface area contributed by atoms with Crippen molar-refractivity contribution < 1.29 is 4.74 Å². The Balaban J connectivity index is 1.65. The molecule has 0 radical (unpaired) electrons. The lowest BCUT2D eigenvalue weighted by atomic mass is 10.0. The Morgan fingerprint density at radius 3 is 2.61 bits per heavy atom. The highest BCUT2D eigenvalue weighted by molar-refractivity contribution is 5.83. The summed E-state index contributed by atoms with van der Waals surface area (Å²) >= 11 is 0. The Bertz CT molecular complexity index is 1210. The molecule has 3 N–H and O–H groups in total. The summed E-state index contributed by atoms with van der Waals surface area (Å²) in [6, 6.07) is 17.7. The molecule has 1 atom stereocenters. The Morgan fingerprint density at radius 1 is 1.10 bits per heavy atom. The SMILES string of the molecule is COc1ccc(CN[C@H](Cc2c[nH]c3ccccc23)c2cc(=O)[nH]c(C(C)C)n2)cc1. The van der Waals surface area contributed by atoms with Crippen LogP contribution in [0.4, 0.5) is 0 Å². The minimum absolute atomic E-state index is 0.110. The average molecular weight is 417 g/mol. The molecule has 6 heteroatoms. The summed E-state index contributed by atoms with van der Waals surface area (Å²) in [5.74, 6) is 1.68. The van der Waals surface area contributed by atoms with E-state index in [-0.39, 0.29) is 17.5 Å². The van der Waals surface area contributed by atoms with E-state index in [0.29, 0.717) is 18.8 Å². The number of fused-ring (bicyclic) bond motifs is 1. The molecule has 2 aromatic carbocycles. The molecule has 160 valence electrons. The van der Waals surface area contributed by atoms with Gasteiger partial charge in [-0.15, -0.1) is 0 Å². The Morgan fingerprint density at radius 2 is 1.87 bits per heavy atom. The largest absolute Gasteiger partial charge is 0.497 e. The highest BCUT2D eigenvalue weighted by atomic mass is 16.5. The lowest BCUT2D eigenvalue weighted by molar-refractivity contribution is 0.414. The quantitative estimate of drug-likeness (QED) is 0.396. The number of H-pyrrole nitrogens is 2. The smallest absolute Gasteiger partial charge is 0.251 e. The van der Waals surface area contributed by atoms with Gasteiger partial charge >= 0.3 is 0 Å². The van der Waals surface area contributed by atoms with Gasteiger partial charge in [-0.25, -0.2) is 4.98 Å². The molecular weight excluding hydrogens is 388 g/mol. The number of benzene rings is 2. The molecule has 2 aromatic heterocycles. The third kappa shape index (κ3) is 4.86. The first-order valence-electron chi connectivity index (χ1n) is 10.6. The second-order valence-electron chi connectivity index (χ2n) is 8.06. The number of methoxy groups -OCH3 is 1. The van der Waals surface area contributed by atoms with Crippen LogP contribution in [0, 0.1) is 0 Å². The zero-order valence-corrected chi connectivity index (χ0v) is 18.1. The van der Waals surface area contributed by atoms with Crippen LogP contribution < -0.4 is 15.6 Å². The van der Waals surface area contributed by atoms with Gasteiger partial charge in [0.2, 0.25) is 0 Å². The highest BCUT2D eigenvalue weighted by Gasteiger charge is 2.18. The number of rotatable bonds is 8. The first-order chi connectivity index (χ1) is 15.0. The maximum Gasteiger partial charge on any atom is 0.251 e. The minimum atomic E-state index is -0.121. The summed E-state index contributed by atoms with van der Waals surface area (Å²) in [5, 5.41) is 4.80. The van der Waals surface area contributed by atoms with Crippen LogP contribution >= 0.6 is 0 Å². The molecule has 31 heavy (non-hydrogen) atoms. The van der Waals surface area contributed by atoms with Crippen molar-refractivity contribution in [3.8, 4) is 5.75 Å².